The molecule has 1 aliphatic carbocycles. The number of rotatable bonds is 6. The number of hydrogen-bond donors (Lipinski definition) is 1. The minimum Gasteiger partial charge on any atom is -0.269 e. The highest BCUT2D eigenvalue weighted by Gasteiger charge is 2.25. The topological polar surface area (TPSA) is 81.1 Å². The van der Waals surface area contributed by atoms with Crippen molar-refractivity contribution in [1.82, 2.24) is 14.5 Å². The van der Waals surface area contributed by atoms with Crippen molar-refractivity contribution in [3.8, 4) is 0 Å². The molecule has 0 bridgehead atoms. The lowest BCUT2D eigenvalue weighted by atomic mass is 10.1. The largest absolute Gasteiger partial charge is 0.269 e. The van der Waals surface area contributed by atoms with Gasteiger partial charge in [-0.15, -0.1) is 0 Å². The molecule has 0 spiro atoms. The zero-order chi connectivity index (χ0) is 16.3. The van der Waals surface area contributed by atoms with E-state index in [4.69, 9.17) is 0 Å². The molecule has 1 aliphatic rings. The molecule has 124 valence electrons. The molecule has 0 saturated heterocycles. The highest BCUT2D eigenvalue weighted by molar-refractivity contribution is 7.90. The van der Waals surface area contributed by atoms with Crippen molar-refractivity contribution < 1.29 is 13.2 Å². The van der Waals surface area contributed by atoms with Crippen LogP contribution in [0.15, 0.2) is 6.20 Å². The predicted octanol–water partition coefficient (Wildman–Crippen LogP) is 2.10. The standard InChI is InChI=1S/C15H25N3O3S/c1-11(2)9-18-12(3)14(8-16-18)15(19)17-22(20,21)10-13-6-4-5-7-13/h8,11,13H,4-7,9-10H2,1-3H3,(H,17,19). The Hall–Kier alpha value is -1.37. The second kappa shape index (κ2) is 6.81. The first-order valence-electron chi connectivity index (χ1n) is 7.85. The smallest absolute Gasteiger partial charge is 0.268 e. The number of sulfonamides is 1. The van der Waals surface area contributed by atoms with Gasteiger partial charge in [0.25, 0.3) is 5.91 Å². The summed E-state index contributed by atoms with van der Waals surface area (Å²) in [4.78, 5) is 12.2. The van der Waals surface area contributed by atoms with Crippen molar-refractivity contribution in [2.45, 2.75) is 53.0 Å². The highest BCUT2D eigenvalue weighted by atomic mass is 32.2. The van der Waals surface area contributed by atoms with Crippen LogP contribution in [0, 0.1) is 18.8 Å². The third-order valence-electron chi connectivity index (χ3n) is 4.06. The summed E-state index contributed by atoms with van der Waals surface area (Å²) in [5.74, 6) is 0.0407. The van der Waals surface area contributed by atoms with Crippen LogP contribution in [0.2, 0.25) is 0 Å². The molecule has 1 aromatic heterocycles. The lowest BCUT2D eigenvalue weighted by molar-refractivity contribution is 0.0980. The van der Waals surface area contributed by atoms with E-state index >= 15 is 0 Å². The van der Waals surface area contributed by atoms with Gasteiger partial charge in [-0.1, -0.05) is 26.7 Å². The van der Waals surface area contributed by atoms with Gasteiger partial charge < -0.3 is 0 Å². The fourth-order valence-electron chi connectivity index (χ4n) is 2.92. The van der Waals surface area contributed by atoms with Crippen molar-refractivity contribution in [2.24, 2.45) is 11.8 Å². The van der Waals surface area contributed by atoms with Crippen LogP contribution in [0.1, 0.15) is 55.6 Å². The molecule has 7 heteroatoms. The summed E-state index contributed by atoms with van der Waals surface area (Å²) in [6, 6.07) is 0. The summed E-state index contributed by atoms with van der Waals surface area (Å²) in [6.07, 6.45) is 5.46. The van der Waals surface area contributed by atoms with Gasteiger partial charge in [-0.2, -0.15) is 5.10 Å². The molecule has 1 fully saturated rings. The zero-order valence-corrected chi connectivity index (χ0v) is 14.3. The molecular weight excluding hydrogens is 302 g/mol. The molecular formula is C15H25N3O3S. The Morgan fingerprint density at radius 1 is 1.41 bits per heavy atom. The summed E-state index contributed by atoms with van der Waals surface area (Å²) in [6.45, 7) is 6.61. The van der Waals surface area contributed by atoms with Gasteiger partial charge in [0.2, 0.25) is 10.0 Å². The molecule has 1 saturated carbocycles. The Labute approximate surface area is 132 Å². The second-order valence-corrected chi connectivity index (χ2v) is 8.35. The van der Waals surface area contributed by atoms with E-state index < -0.39 is 15.9 Å². The van der Waals surface area contributed by atoms with Crippen LogP contribution < -0.4 is 4.72 Å². The maximum Gasteiger partial charge on any atom is 0.268 e. The summed E-state index contributed by atoms with van der Waals surface area (Å²) >= 11 is 0. The van der Waals surface area contributed by atoms with Gasteiger partial charge in [0.15, 0.2) is 0 Å². The van der Waals surface area contributed by atoms with Crippen LogP contribution in [0.5, 0.6) is 0 Å². The molecule has 1 N–H and O–H groups in total. The van der Waals surface area contributed by atoms with E-state index in [1.165, 1.54) is 6.20 Å². The Morgan fingerprint density at radius 3 is 2.64 bits per heavy atom. The van der Waals surface area contributed by atoms with Gasteiger partial charge in [-0.25, -0.2) is 13.1 Å². The van der Waals surface area contributed by atoms with Crippen LogP contribution in [-0.4, -0.2) is 29.9 Å². The van der Waals surface area contributed by atoms with E-state index in [-0.39, 0.29) is 11.7 Å². The van der Waals surface area contributed by atoms with Gasteiger partial charge in [-0.05, 0) is 31.6 Å². The van der Waals surface area contributed by atoms with Crippen LogP contribution in [-0.2, 0) is 16.6 Å². The van der Waals surface area contributed by atoms with Gasteiger partial charge >= 0.3 is 0 Å². The summed E-state index contributed by atoms with van der Waals surface area (Å²) in [5.41, 5.74) is 1.03. The first-order chi connectivity index (χ1) is 10.3. The molecule has 22 heavy (non-hydrogen) atoms. The molecule has 1 amide bonds. The Morgan fingerprint density at radius 2 is 2.05 bits per heavy atom. The van der Waals surface area contributed by atoms with Crippen LogP contribution in [0.25, 0.3) is 0 Å². The Bertz CT molecular complexity index is 628. The number of nitrogens with one attached hydrogen (secondary N) is 1. The van der Waals surface area contributed by atoms with Crippen molar-refractivity contribution in [2.75, 3.05) is 5.75 Å². The minimum atomic E-state index is -3.58. The second-order valence-electron chi connectivity index (χ2n) is 6.58. The molecule has 1 aromatic rings. The fourth-order valence-corrected chi connectivity index (χ4v) is 4.35. The summed E-state index contributed by atoms with van der Waals surface area (Å²) in [7, 11) is -3.58. The third kappa shape index (κ3) is 4.32. The number of carbonyl (C=O) groups is 1. The minimum absolute atomic E-state index is 0.0396. The van der Waals surface area contributed by atoms with Crippen LogP contribution in [0.4, 0.5) is 0 Å². The first kappa shape index (κ1) is 17.0. The van der Waals surface area contributed by atoms with Crippen molar-refractivity contribution in [3.63, 3.8) is 0 Å². The highest BCUT2D eigenvalue weighted by Crippen LogP contribution is 2.25. The van der Waals surface area contributed by atoms with E-state index in [2.05, 4.69) is 23.7 Å². The van der Waals surface area contributed by atoms with Crippen molar-refractivity contribution in [3.05, 3.63) is 17.5 Å². The average molecular weight is 327 g/mol. The number of nitrogens with zero attached hydrogens (tertiary/aromatic N) is 2. The van der Waals surface area contributed by atoms with E-state index in [9.17, 15) is 13.2 Å². The van der Waals surface area contributed by atoms with Gasteiger partial charge in [0, 0.05) is 12.2 Å². The van der Waals surface area contributed by atoms with Gasteiger partial charge in [-0.3, -0.25) is 9.48 Å². The predicted molar refractivity (Wildman–Crippen MR) is 85.0 cm³/mol. The van der Waals surface area contributed by atoms with Crippen LogP contribution in [0.3, 0.4) is 0 Å². The van der Waals surface area contributed by atoms with E-state index in [0.717, 1.165) is 25.7 Å². The van der Waals surface area contributed by atoms with Gasteiger partial charge in [0.1, 0.15) is 0 Å². The normalized spacial score (nSPS) is 16.4. The number of carbonyl (C=O) groups excluding carboxylic acids is 1. The molecule has 2 rings (SSSR count). The number of hydrogen-bond acceptors (Lipinski definition) is 4. The molecule has 0 atom stereocenters. The number of amides is 1. The maximum atomic E-state index is 12.2. The van der Waals surface area contributed by atoms with Crippen molar-refractivity contribution in [1.29, 1.82) is 0 Å². The lowest BCUT2D eigenvalue weighted by Crippen LogP contribution is -2.34. The molecule has 1 heterocycles. The number of aromatic nitrogens is 2. The summed E-state index contributed by atoms with van der Waals surface area (Å²) < 4.78 is 28.1. The first-order valence-corrected chi connectivity index (χ1v) is 9.51. The average Bonchev–Trinajstić information content (AvgIpc) is 2.99. The molecule has 0 unspecified atom stereocenters. The summed E-state index contributed by atoms with van der Waals surface area (Å²) in [5, 5.41) is 4.17. The van der Waals surface area contributed by atoms with Crippen molar-refractivity contribution >= 4 is 15.9 Å². The van der Waals surface area contributed by atoms with E-state index in [1.54, 1.807) is 11.6 Å². The SMILES string of the molecule is Cc1c(C(=O)NS(=O)(=O)CC2CCCC2)cnn1CC(C)C. The molecule has 6 nitrogen and oxygen atoms in total. The molecule has 0 aliphatic heterocycles. The monoisotopic (exact) mass is 327 g/mol. The quantitative estimate of drug-likeness (QED) is 0.867. The maximum absolute atomic E-state index is 12.2. The van der Waals surface area contributed by atoms with Crippen LogP contribution >= 0.6 is 0 Å². The van der Waals surface area contributed by atoms with E-state index in [1.807, 2.05) is 0 Å². The van der Waals surface area contributed by atoms with Gasteiger partial charge in [0.05, 0.1) is 17.5 Å². The fraction of sp³-hybridized carbons (Fsp3) is 0.733. The third-order valence-corrected chi connectivity index (χ3v) is 5.47. The Balaban J connectivity index is 2.03. The van der Waals surface area contributed by atoms with E-state index in [0.29, 0.717) is 23.7 Å². The molecule has 0 radical (unpaired) electrons. The zero-order valence-electron chi connectivity index (χ0n) is 13.5. The lowest BCUT2D eigenvalue weighted by Gasteiger charge is -2.11. The Kier molecular flexibility index (Phi) is 5.26. The molecule has 0 aromatic carbocycles.